The molecule has 8 heteroatoms. The molecule has 6 nitrogen and oxygen atoms in total. The lowest BCUT2D eigenvalue weighted by atomic mass is 10.0. The molecule has 164 valence electrons. The lowest BCUT2D eigenvalue weighted by molar-refractivity contribution is 0.0998. The zero-order valence-electron chi connectivity index (χ0n) is 18.3. The fraction of sp³-hybridized carbons (Fsp3) is 0.391. The molecule has 31 heavy (non-hydrogen) atoms. The number of fused-ring (bicyclic) bond motifs is 1. The Balaban J connectivity index is 1.63. The second-order valence-electron chi connectivity index (χ2n) is 8.35. The zero-order valence-corrected chi connectivity index (χ0v) is 19.9. The molecule has 1 saturated heterocycles. The van der Waals surface area contributed by atoms with E-state index in [1.54, 1.807) is 16.4 Å². The number of carbonyl (C=O) groups excluding carboxylic acids is 1. The number of hydrogen-bond donors (Lipinski definition) is 0. The minimum atomic E-state index is -3.54. The van der Waals surface area contributed by atoms with Crippen molar-refractivity contribution in [2.24, 2.45) is 18.0 Å². The average molecular weight is 458 g/mol. The van der Waals surface area contributed by atoms with Gasteiger partial charge in [-0.05, 0) is 74.1 Å². The number of aromatic nitrogens is 1. The summed E-state index contributed by atoms with van der Waals surface area (Å²) in [6.45, 7) is 7.29. The molecule has 0 aliphatic carbocycles. The van der Waals surface area contributed by atoms with Gasteiger partial charge in [0, 0.05) is 25.7 Å². The van der Waals surface area contributed by atoms with Gasteiger partial charge in [0.15, 0.2) is 4.80 Å². The van der Waals surface area contributed by atoms with Crippen LogP contribution in [0.5, 0.6) is 0 Å². The predicted molar refractivity (Wildman–Crippen MR) is 124 cm³/mol. The van der Waals surface area contributed by atoms with Gasteiger partial charge in [-0.1, -0.05) is 24.3 Å². The van der Waals surface area contributed by atoms with Gasteiger partial charge in [0.1, 0.15) is 0 Å². The van der Waals surface area contributed by atoms with Crippen molar-refractivity contribution < 1.29 is 13.2 Å². The van der Waals surface area contributed by atoms with Crippen LogP contribution in [0.4, 0.5) is 0 Å². The SMILES string of the molecule is Cc1ccc2sc(=NC(=O)c3ccc(S(=O)(=O)N4CCC[C@@H](C)C4)cc3)n(C)c2c1C. The van der Waals surface area contributed by atoms with E-state index in [1.807, 2.05) is 17.7 Å². The van der Waals surface area contributed by atoms with Crippen molar-refractivity contribution in [3.05, 3.63) is 57.9 Å². The summed E-state index contributed by atoms with van der Waals surface area (Å²) in [5.41, 5.74) is 3.82. The molecule has 0 saturated carbocycles. The van der Waals surface area contributed by atoms with Crippen molar-refractivity contribution in [2.75, 3.05) is 13.1 Å². The van der Waals surface area contributed by atoms with Crippen LogP contribution in [0.25, 0.3) is 10.2 Å². The summed E-state index contributed by atoms with van der Waals surface area (Å²) in [6.07, 6.45) is 1.93. The van der Waals surface area contributed by atoms with E-state index in [-0.39, 0.29) is 10.8 Å². The Hall–Kier alpha value is -2.29. The fourth-order valence-corrected chi connectivity index (χ4v) is 6.74. The minimum Gasteiger partial charge on any atom is -0.319 e. The first-order valence-electron chi connectivity index (χ1n) is 10.4. The Morgan fingerprint density at radius 1 is 1.13 bits per heavy atom. The van der Waals surface area contributed by atoms with Crippen LogP contribution in [0.15, 0.2) is 46.3 Å². The van der Waals surface area contributed by atoms with Gasteiger partial charge in [0.2, 0.25) is 10.0 Å². The Bertz CT molecular complexity index is 1320. The number of piperidine rings is 1. The third kappa shape index (κ3) is 4.12. The largest absolute Gasteiger partial charge is 0.319 e. The monoisotopic (exact) mass is 457 g/mol. The lowest BCUT2D eigenvalue weighted by Gasteiger charge is -2.30. The molecule has 0 spiro atoms. The van der Waals surface area contributed by atoms with E-state index in [9.17, 15) is 13.2 Å². The van der Waals surface area contributed by atoms with Gasteiger partial charge < -0.3 is 4.57 Å². The molecule has 0 N–H and O–H groups in total. The van der Waals surface area contributed by atoms with Crippen molar-refractivity contribution in [2.45, 2.75) is 38.5 Å². The molecule has 0 radical (unpaired) electrons. The van der Waals surface area contributed by atoms with Crippen LogP contribution < -0.4 is 4.80 Å². The Labute approximate surface area is 186 Å². The quantitative estimate of drug-likeness (QED) is 0.596. The van der Waals surface area contributed by atoms with E-state index >= 15 is 0 Å². The van der Waals surface area contributed by atoms with Crippen LogP contribution in [-0.4, -0.2) is 36.3 Å². The van der Waals surface area contributed by atoms with E-state index in [0.29, 0.717) is 29.4 Å². The Kier molecular flexibility index (Phi) is 5.89. The summed E-state index contributed by atoms with van der Waals surface area (Å²) in [5.74, 6) is -0.0234. The maximum absolute atomic E-state index is 12.9. The van der Waals surface area contributed by atoms with Gasteiger partial charge in [-0.25, -0.2) is 8.42 Å². The number of hydrogen-bond acceptors (Lipinski definition) is 4. The highest BCUT2D eigenvalue weighted by Crippen LogP contribution is 2.25. The zero-order chi connectivity index (χ0) is 22.3. The van der Waals surface area contributed by atoms with Crippen LogP contribution >= 0.6 is 11.3 Å². The highest BCUT2D eigenvalue weighted by atomic mass is 32.2. The van der Waals surface area contributed by atoms with Gasteiger partial charge >= 0.3 is 0 Å². The molecular formula is C23H27N3O3S2. The summed E-state index contributed by atoms with van der Waals surface area (Å²) < 4.78 is 30.4. The van der Waals surface area contributed by atoms with Crippen molar-refractivity contribution >= 4 is 37.5 Å². The number of carbonyl (C=O) groups is 1. The number of rotatable bonds is 3. The number of nitrogens with zero attached hydrogens (tertiary/aromatic N) is 3. The van der Waals surface area contributed by atoms with E-state index in [2.05, 4.69) is 31.8 Å². The Morgan fingerprint density at radius 2 is 1.84 bits per heavy atom. The number of amides is 1. The smallest absolute Gasteiger partial charge is 0.279 e. The number of aryl methyl sites for hydroxylation is 3. The normalized spacial score (nSPS) is 18.6. The molecule has 0 bridgehead atoms. The van der Waals surface area contributed by atoms with Gasteiger partial charge in [-0.15, -0.1) is 0 Å². The Morgan fingerprint density at radius 3 is 2.52 bits per heavy atom. The van der Waals surface area contributed by atoms with Crippen LogP contribution in [-0.2, 0) is 17.1 Å². The molecule has 2 aromatic carbocycles. The minimum absolute atomic E-state index is 0.219. The molecule has 1 aliphatic rings. The first kappa shape index (κ1) is 21.9. The van der Waals surface area contributed by atoms with Crippen molar-refractivity contribution in [3.8, 4) is 0 Å². The molecule has 1 amide bonds. The number of benzene rings is 2. The molecule has 0 unspecified atom stereocenters. The molecular weight excluding hydrogens is 430 g/mol. The maximum Gasteiger partial charge on any atom is 0.279 e. The van der Waals surface area contributed by atoms with Crippen molar-refractivity contribution in [1.29, 1.82) is 0 Å². The second-order valence-corrected chi connectivity index (χ2v) is 11.3. The van der Waals surface area contributed by atoms with Crippen molar-refractivity contribution in [3.63, 3.8) is 0 Å². The third-order valence-corrected chi connectivity index (χ3v) is 9.02. The summed E-state index contributed by atoms with van der Waals surface area (Å²) in [5, 5.41) is 0. The highest BCUT2D eigenvalue weighted by Gasteiger charge is 2.28. The molecule has 4 rings (SSSR count). The molecule has 1 atom stereocenters. The van der Waals surface area contributed by atoms with E-state index in [0.717, 1.165) is 23.1 Å². The van der Waals surface area contributed by atoms with E-state index in [4.69, 9.17) is 0 Å². The van der Waals surface area contributed by atoms with Crippen LogP contribution in [0.1, 0.15) is 41.3 Å². The van der Waals surface area contributed by atoms with Gasteiger partial charge in [0.05, 0.1) is 15.1 Å². The second kappa shape index (κ2) is 8.33. The summed E-state index contributed by atoms with van der Waals surface area (Å²) in [7, 11) is -1.63. The summed E-state index contributed by atoms with van der Waals surface area (Å²) in [6, 6.07) is 10.2. The topological polar surface area (TPSA) is 71.7 Å². The van der Waals surface area contributed by atoms with E-state index in [1.165, 1.54) is 34.6 Å². The first-order chi connectivity index (χ1) is 14.7. The highest BCUT2D eigenvalue weighted by molar-refractivity contribution is 7.89. The number of thiazole rings is 1. The summed E-state index contributed by atoms with van der Waals surface area (Å²) >= 11 is 1.47. The first-order valence-corrected chi connectivity index (χ1v) is 12.7. The van der Waals surface area contributed by atoms with Gasteiger partial charge in [-0.2, -0.15) is 9.30 Å². The molecule has 2 heterocycles. The molecule has 1 aliphatic heterocycles. The van der Waals surface area contributed by atoms with Crippen LogP contribution in [0.3, 0.4) is 0 Å². The molecule has 3 aromatic rings. The van der Waals surface area contributed by atoms with E-state index < -0.39 is 10.0 Å². The standard InChI is InChI=1S/C23H27N3O3S2/c1-15-6-5-13-26(14-15)31(28,29)19-10-8-18(9-11-19)22(27)24-23-25(4)21-17(3)16(2)7-12-20(21)30-23/h7-12,15H,5-6,13-14H2,1-4H3/t15-/m1/s1. The fourth-order valence-electron chi connectivity index (χ4n) is 4.07. The maximum atomic E-state index is 12.9. The molecule has 1 fully saturated rings. The average Bonchev–Trinajstić information content (AvgIpc) is 3.06. The van der Waals surface area contributed by atoms with Crippen molar-refractivity contribution in [1.82, 2.24) is 8.87 Å². The van der Waals surface area contributed by atoms with Crippen LogP contribution in [0, 0.1) is 19.8 Å². The van der Waals surface area contributed by atoms with Crippen LogP contribution in [0.2, 0.25) is 0 Å². The lowest BCUT2D eigenvalue weighted by Crippen LogP contribution is -2.39. The molecule has 1 aromatic heterocycles. The third-order valence-electron chi connectivity index (χ3n) is 6.04. The predicted octanol–water partition coefficient (Wildman–Crippen LogP) is 4.02. The number of sulfonamides is 1. The summed E-state index contributed by atoms with van der Waals surface area (Å²) in [4.78, 5) is 17.9. The van der Waals surface area contributed by atoms with Gasteiger partial charge in [-0.3, -0.25) is 4.79 Å². The van der Waals surface area contributed by atoms with Gasteiger partial charge in [0.25, 0.3) is 5.91 Å².